The Kier molecular flexibility index (Phi) is 8.22. The van der Waals surface area contributed by atoms with E-state index in [1.54, 1.807) is 18.2 Å². The number of hydrogen-bond acceptors (Lipinski definition) is 5. The summed E-state index contributed by atoms with van der Waals surface area (Å²) in [4.78, 5) is 19.8. The van der Waals surface area contributed by atoms with Crippen molar-refractivity contribution in [1.82, 2.24) is 0 Å². The van der Waals surface area contributed by atoms with Gasteiger partial charge in [-0.2, -0.15) is 0 Å². The number of non-ortho nitro benzene ring substituents is 1. The lowest BCUT2D eigenvalue weighted by Crippen LogP contribution is -2.09. The highest BCUT2D eigenvalue weighted by atomic mass is 16.6. The molecule has 6 nitrogen and oxygen atoms in total. The molecule has 0 aliphatic heterocycles. The summed E-state index contributed by atoms with van der Waals surface area (Å²) >= 11 is 0. The van der Waals surface area contributed by atoms with E-state index in [9.17, 15) is 14.9 Å². The lowest BCUT2D eigenvalue weighted by atomic mass is 10.3. The smallest absolute Gasteiger partial charge is 0.331 e. The summed E-state index contributed by atoms with van der Waals surface area (Å²) in [6.45, 7) is 2.44. The SMILES string of the molecule is CCOCC(=O)OC.O=[N+]([O-])c1ccccc1. The van der Waals surface area contributed by atoms with Crippen LogP contribution in [0.5, 0.6) is 0 Å². The Hall–Kier alpha value is -1.95. The maximum absolute atomic E-state index is 10.2. The zero-order valence-electron chi connectivity index (χ0n) is 9.79. The van der Waals surface area contributed by atoms with Gasteiger partial charge in [-0.15, -0.1) is 0 Å². The van der Waals surface area contributed by atoms with Crippen LogP contribution in [0.2, 0.25) is 0 Å². The number of benzene rings is 1. The number of ether oxygens (including phenoxy) is 2. The van der Waals surface area contributed by atoms with Gasteiger partial charge in [0.1, 0.15) is 6.61 Å². The monoisotopic (exact) mass is 241 g/mol. The molecule has 0 heterocycles. The summed E-state index contributed by atoms with van der Waals surface area (Å²) in [7, 11) is 1.33. The van der Waals surface area contributed by atoms with Gasteiger partial charge in [-0.05, 0) is 6.92 Å². The third-order valence-corrected chi connectivity index (χ3v) is 1.62. The maximum atomic E-state index is 10.2. The quantitative estimate of drug-likeness (QED) is 0.456. The summed E-state index contributed by atoms with van der Waals surface area (Å²) in [5.41, 5.74) is 0.137. The second-order valence-corrected chi connectivity index (χ2v) is 2.81. The second-order valence-electron chi connectivity index (χ2n) is 2.81. The average Bonchev–Trinajstić information content (AvgIpc) is 2.37. The topological polar surface area (TPSA) is 78.7 Å². The standard InChI is InChI=1S/C6H5NO2.C5H10O3/c8-7(9)6-4-2-1-3-5-6;1-3-8-4-5(6)7-2/h1-5H;3-4H2,1-2H3. The van der Waals surface area contributed by atoms with Crippen LogP contribution in [0.4, 0.5) is 5.69 Å². The molecule has 1 aromatic carbocycles. The highest BCUT2D eigenvalue weighted by Crippen LogP contribution is 2.06. The van der Waals surface area contributed by atoms with Crippen molar-refractivity contribution in [2.75, 3.05) is 20.3 Å². The molecule has 0 saturated carbocycles. The van der Waals surface area contributed by atoms with Crippen molar-refractivity contribution in [3.63, 3.8) is 0 Å². The van der Waals surface area contributed by atoms with Gasteiger partial charge in [0.2, 0.25) is 0 Å². The van der Waals surface area contributed by atoms with E-state index in [1.165, 1.54) is 19.2 Å². The molecule has 0 unspecified atom stereocenters. The summed E-state index contributed by atoms with van der Waals surface area (Å²) in [5, 5.41) is 10.0. The summed E-state index contributed by atoms with van der Waals surface area (Å²) < 4.78 is 9.00. The van der Waals surface area contributed by atoms with E-state index in [-0.39, 0.29) is 18.3 Å². The normalized spacial score (nSPS) is 8.82. The molecule has 0 amide bonds. The van der Waals surface area contributed by atoms with Crippen LogP contribution < -0.4 is 0 Å². The number of nitrogens with zero attached hydrogens (tertiary/aromatic N) is 1. The first-order valence-electron chi connectivity index (χ1n) is 4.95. The zero-order chi connectivity index (χ0) is 13.1. The summed E-state index contributed by atoms with van der Waals surface area (Å²) in [6, 6.07) is 7.93. The van der Waals surface area contributed by atoms with E-state index in [1.807, 2.05) is 6.92 Å². The highest BCUT2D eigenvalue weighted by molar-refractivity contribution is 5.70. The molecule has 0 aliphatic rings. The van der Waals surface area contributed by atoms with Crippen LogP contribution in [0.15, 0.2) is 30.3 Å². The number of methoxy groups -OCH3 is 1. The van der Waals surface area contributed by atoms with Crippen LogP contribution in [0, 0.1) is 10.1 Å². The van der Waals surface area contributed by atoms with Crippen LogP contribution in [-0.2, 0) is 14.3 Å². The molecule has 0 radical (unpaired) electrons. The number of carbonyl (C=O) groups excluding carboxylic acids is 1. The molecule has 17 heavy (non-hydrogen) atoms. The largest absolute Gasteiger partial charge is 0.467 e. The van der Waals surface area contributed by atoms with Crippen LogP contribution in [0.25, 0.3) is 0 Å². The van der Waals surface area contributed by atoms with Crippen molar-refractivity contribution in [3.8, 4) is 0 Å². The minimum atomic E-state index is -0.417. The van der Waals surface area contributed by atoms with Crippen molar-refractivity contribution < 1.29 is 19.2 Å². The Balaban J connectivity index is 0.000000304. The molecule has 1 rings (SSSR count). The predicted molar refractivity (Wildman–Crippen MR) is 61.6 cm³/mol. The molecule has 94 valence electrons. The first-order valence-corrected chi connectivity index (χ1v) is 4.95. The van der Waals surface area contributed by atoms with Gasteiger partial charge in [0.05, 0.1) is 12.0 Å². The fraction of sp³-hybridized carbons (Fsp3) is 0.364. The van der Waals surface area contributed by atoms with E-state index in [4.69, 9.17) is 4.74 Å². The molecule has 0 bridgehead atoms. The molecule has 0 spiro atoms. The van der Waals surface area contributed by atoms with E-state index in [0.717, 1.165) is 0 Å². The molecule has 0 aliphatic carbocycles. The van der Waals surface area contributed by atoms with Gasteiger partial charge in [-0.25, -0.2) is 4.79 Å². The van der Waals surface area contributed by atoms with Crippen LogP contribution in [-0.4, -0.2) is 31.2 Å². The Morgan fingerprint density at radius 2 is 1.94 bits per heavy atom. The fourth-order valence-electron chi connectivity index (χ4n) is 0.794. The number of rotatable bonds is 4. The second kappa shape index (κ2) is 9.29. The molecule has 0 saturated heterocycles. The Morgan fingerprint density at radius 3 is 2.29 bits per heavy atom. The average molecular weight is 241 g/mol. The molecule has 0 aromatic heterocycles. The van der Waals surface area contributed by atoms with E-state index in [2.05, 4.69) is 4.74 Å². The van der Waals surface area contributed by atoms with E-state index in [0.29, 0.717) is 6.61 Å². The maximum Gasteiger partial charge on any atom is 0.331 e. The van der Waals surface area contributed by atoms with Gasteiger partial charge in [-0.1, -0.05) is 18.2 Å². The summed E-state index contributed by atoms with van der Waals surface area (Å²) in [5.74, 6) is -0.327. The van der Waals surface area contributed by atoms with Crippen molar-refractivity contribution in [2.45, 2.75) is 6.92 Å². The van der Waals surface area contributed by atoms with Crippen molar-refractivity contribution in [3.05, 3.63) is 40.4 Å². The van der Waals surface area contributed by atoms with Crippen LogP contribution >= 0.6 is 0 Å². The number of nitro benzene ring substituents is 1. The Bertz CT molecular complexity index is 339. The molecule has 1 aromatic rings. The van der Waals surface area contributed by atoms with Crippen molar-refractivity contribution in [2.24, 2.45) is 0 Å². The zero-order valence-corrected chi connectivity index (χ0v) is 9.79. The fourth-order valence-corrected chi connectivity index (χ4v) is 0.794. The number of hydrogen-bond donors (Lipinski definition) is 0. The van der Waals surface area contributed by atoms with E-state index >= 15 is 0 Å². The first-order chi connectivity index (χ1) is 8.11. The molecular formula is C11H15NO5. The third-order valence-electron chi connectivity index (χ3n) is 1.62. The molecule has 6 heteroatoms. The molecular weight excluding hydrogens is 226 g/mol. The lowest BCUT2D eigenvalue weighted by Gasteiger charge is -1.96. The van der Waals surface area contributed by atoms with Gasteiger partial charge < -0.3 is 9.47 Å². The predicted octanol–water partition coefficient (Wildman–Crippen LogP) is 1.79. The van der Waals surface area contributed by atoms with Gasteiger partial charge in [0.25, 0.3) is 5.69 Å². The lowest BCUT2D eigenvalue weighted by molar-refractivity contribution is -0.384. The van der Waals surface area contributed by atoms with Crippen molar-refractivity contribution in [1.29, 1.82) is 0 Å². The van der Waals surface area contributed by atoms with Crippen LogP contribution in [0.1, 0.15) is 6.92 Å². The Labute approximate surface area is 99.3 Å². The number of carbonyl (C=O) groups is 1. The third kappa shape index (κ3) is 7.92. The minimum absolute atomic E-state index is 0.0625. The molecule has 0 atom stereocenters. The minimum Gasteiger partial charge on any atom is -0.467 e. The number of esters is 1. The van der Waals surface area contributed by atoms with Gasteiger partial charge in [0.15, 0.2) is 0 Å². The van der Waals surface area contributed by atoms with Gasteiger partial charge >= 0.3 is 5.97 Å². The first kappa shape index (κ1) is 15.0. The van der Waals surface area contributed by atoms with Crippen molar-refractivity contribution >= 4 is 11.7 Å². The molecule has 0 N–H and O–H groups in total. The van der Waals surface area contributed by atoms with Crippen LogP contribution in [0.3, 0.4) is 0 Å². The van der Waals surface area contributed by atoms with Gasteiger partial charge in [-0.3, -0.25) is 10.1 Å². The summed E-state index contributed by atoms with van der Waals surface area (Å²) in [6.07, 6.45) is 0. The highest BCUT2D eigenvalue weighted by Gasteiger charge is 1.98. The Morgan fingerprint density at radius 1 is 1.35 bits per heavy atom. The van der Waals surface area contributed by atoms with E-state index < -0.39 is 4.92 Å². The number of para-hydroxylation sites is 1. The van der Waals surface area contributed by atoms with Gasteiger partial charge in [0, 0.05) is 18.7 Å². The number of nitro groups is 1. The molecule has 0 fully saturated rings.